The van der Waals surface area contributed by atoms with Gasteiger partial charge in [0.2, 0.25) is 5.82 Å². The number of benzene rings is 1. The molecule has 2 aromatic rings. The van der Waals surface area contributed by atoms with Crippen LogP contribution in [0.4, 0.5) is 11.5 Å². The van der Waals surface area contributed by atoms with E-state index in [0.29, 0.717) is 17.4 Å². The van der Waals surface area contributed by atoms with E-state index in [2.05, 4.69) is 22.2 Å². The highest BCUT2D eigenvalue weighted by Gasteiger charge is 2.23. The Balaban J connectivity index is 1.58. The number of unbranched alkanes of at least 4 members (excludes halogenated alkanes) is 13. The Bertz CT molecular complexity index is 789. The highest BCUT2D eigenvalue weighted by Crippen LogP contribution is 2.36. The van der Waals surface area contributed by atoms with E-state index in [4.69, 9.17) is 0 Å². The lowest BCUT2D eigenvalue weighted by molar-refractivity contribution is -0.387. The molecular formula is C26H40N4O2S. The van der Waals surface area contributed by atoms with E-state index in [1.807, 2.05) is 30.3 Å². The average molecular weight is 473 g/mol. The molecule has 0 fully saturated rings. The number of nitrogens with one attached hydrogen (secondary N) is 1. The van der Waals surface area contributed by atoms with Crippen molar-refractivity contribution in [2.45, 2.75) is 107 Å². The lowest BCUT2D eigenvalue weighted by atomic mass is 10.0. The maximum absolute atomic E-state index is 11.7. The summed E-state index contributed by atoms with van der Waals surface area (Å²) < 4.78 is 0. The molecule has 0 aliphatic heterocycles. The van der Waals surface area contributed by atoms with E-state index < -0.39 is 4.92 Å². The summed E-state index contributed by atoms with van der Waals surface area (Å²) in [6.07, 6.45) is 19.8. The Morgan fingerprint density at radius 2 is 1.36 bits per heavy atom. The fraction of sp³-hybridized carbons (Fsp3) is 0.615. The van der Waals surface area contributed by atoms with Crippen LogP contribution in [0.15, 0.2) is 46.6 Å². The van der Waals surface area contributed by atoms with Gasteiger partial charge in [0.1, 0.15) is 6.33 Å². The van der Waals surface area contributed by atoms with Gasteiger partial charge < -0.3 is 5.32 Å². The third kappa shape index (κ3) is 11.5. The normalized spacial score (nSPS) is 10.9. The van der Waals surface area contributed by atoms with Crippen LogP contribution in [0.5, 0.6) is 0 Å². The number of anilines is 1. The molecule has 1 N–H and O–H groups in total. The third-order valence-corrected chi connectivity index (χ3v) is 6.75. The molecule has 182 valence electrons. The second-order valence-electron chi connectivity index (χ2n) is 8.57. The minimum Gasteiger partial charge on any atom is -0.364 e. The molecule has 2 rings (SSSR count). The van der Waals surface area contributed by atoms with Crippen molar-refractivity contribution in [1.82, 2.24) is 9.97 Å². The zero-order chi connectivity index (χ0) is 23.6. The first-order chi connectivity index (χ1) is 16.2. The van der Waals surface area contributed by atoms with Gasteiger partial charge in [0, 0.05) is 11.4 Å². The van der Waals surface area contributed by atoms with Gasteiger partial charge in [0.25, 0.3) is 0 Å². The average Bonchev–Trinajstić information content (AvgIpc) is 2.82. The summed E-state index contributed by atoms with van der Waals surface area (Å²) in [5, 5.41) is 15.2. The molecule has 33 heavy (non-hydrogen) atoms. The van der Waals surface area contributed by atoms with Gasteiger partial charge in [0.15, 0.2) is 5.03 Å². The van der Waals surface area contributed by atoms with Crippen molar-refractivity contribution < 1.29 is 4.92 Å². The van der Waals surface area contributed by atoms with Crippen molar-refractivity contribution in [2.75, 3.05) is 11.9 Å². The molecule has 6 nitrogen and oxygen atoms in total. The number of nitro groups is 1. The van der Waals surface area contributed by atoms with Crippen molar-refractivity contribution in [1.29, 1.82) is 0 Å². The first-order valence-corrected chi connectivity index (χ1v) is 13.5. The molecule has 0 saturated heterocycles. The molecule has 0 unspecified atom stereocenters. The summed E-state index contributed by atoms with van der Waals surface area (Å²) in [6.45, 7) is 2.95. The first-order valence-electron chi connectivity index (χ1n) is 12.7. The second kappa shape index (κ2) is 17.3. The second-order valence-corrected chi connectivity index (χ2v) is 9.63. The van der Waals surface area contributed by atoms with Gasteiger partial charge in [-0.15, -0.1) is 0 Å². The quantitative estimate of drug-likeness (QED) is 0.0956. The number of hydrogen-bond donors (Lipinski definition) is 1. The van der Waals surface area contributed by atoms with E-state index in [9.17, 15) is 10.1 Å². The van der Waals surface area contributed by atoms with Crippen molar-refractivity contribution in [2.24, 2.45) is 0 Å². The fourth-order valence-corrected chi connectivity index (χ4v) is 4.74. The Morgan fingerprint density at radius 1 is 0.818 bits per heavy atom. The summed E-state index contributed by atoms with van der Waals surface area (Å²) in [7, 11) is 0. The molecule has 0 saturated carbocycles. The Kier molecular flexibility index (Phi) is 14.2. The highest BCUT2D eigenvalue weighted by atomic mass is 32.2. The van der Waals surface area contributed by atoms with Crippen LogP contribution in [0, 0.1) is 10.1 Å². The van der Waals surface area contributed by atoms with Crippen LogP contribution in [0.3, 0.4) is 0 Å². The molecule has 0 radical (unpaired) electrons. The van der Waals surface area contributed by atoms with Gasteiger partial charge in [-0.25, -0.2) is 9.97 Å². The van der Waals surface area contributed by atoms with Crippen LogP contribution in [-0.2, 0) is 0 Å². The summed E-state index contributed by atoms with van der Waals surface area (Å²) >= 11 is 1.29. The van der Waals surface area contributed by atoms with Gasteiger partial charge in [-0.2, -0.15) is 0 Å². The van der Waals surface area contributed by atoms with Crippen molar-refractivity contribution >= 4 is 23.3 Å². The molecule has 0 amide bonds. The van der Waals surface area contributed by atoms with Crippen LogP contribution in [0.2, 0.25) is 0 Å². The lowest BCUT2D eigenvalue weighted by Gasteiger charge is -2.08. The van der Waals surface area contributed by atoms with Crippen LogP contribution < -0.4 is 5.32 Å². The highest BCUT2D eigenvalue weighted by molar-refractivity contribution is 7.99. The molecule has 0 aliphatic rings. The SMILES string of the molecule is CCCCCCCCCCCCCCCCNc1ncnc(Sc2ccccc2)c1[N+](=O)[O-]. The standard InChI is InChI=1S/C26H40N4O2S/c1-2-3-4-5-6-7-8-9-10-11-12-13-14-18-21-27-25-24(30(31)32)26(29-22-28-25)33-23-19-16-15-17-20-23/h15-17,19-20,22H,2-14,18,21H2,1H3,(H,27,28,29). The molecule has 1 aromatic heterocycles. The summed E-state index contributed by atoms with van der Waals surface area (Å²) in [6, 6.07) is 9.56. The van der Waals surface area contributed by atoms with Crippen LogP contribution in [0.25, 0.3) is 0 Å². The first kappa shape index (κ1) is 27.1. The zero-order valence-electron chi connectivity index (χ0n) is 20.1. The Labute approximate surface area is 203 Å². The minimum absolute atomic E-state index is 0.0447. The number of hydrogen-bond acceptors (Lipinski definition) is 6. The van der Waals surface area contributed by atoms with Crippen molar-refractivity contribution in [3.8, 4) is 0 Å². The van der Waals surface area contributed by atoms with E-state index >= 15 is 0 Å². The van der Waals surface area contributed by atoms with Gasteiger partial charge in [-0.1, -0.05) is 120 Å². The van der Waals surface area contributed by atoms with E-state index in [1.54, 1.807) is 0 Å². The smallest absolute Gasteiger partial charge is 0.343 e. The maximum Gasteiger partial charge on any atom is 0.343 e. The monoisotopic (exact) mass is 472 g/mol. The number of aromatic nitrogens is 2. The van der Waals surface area contributed by atoms with Crippen LogP contribution in [-0.4, -0.2) is 21.4 Å². The molecule has 0 spiro atoms. The van der Waals surface area contributed by atoms with Gasteiger partial charge in [0.05, 0.1) is 4.92 Å². The summed E-state index contributed by atoms with van der Waals surface area (Å²) in [4.78, 5) is 20.5. The predicted octanol–water partition coefficient (Wildman–Crippen LogP) is 8.43. The van der Waals surface area contributed by atoms with E-state index in [-0.39, 0.29) is 5.69 Å². The maximum atomic E-state index is 11.7. The zero-order valence-corrected chi connectivity index (χ0v) is 21.0. The van der Waals surface area contributed by atoms with E-state index in [0.717, 1.165) is 17.7 Å². The molecule has 1 aromatic carbocycles. The molecule has 0 bridgehead atoms. The Hall–Kier alpha value is -2.15. The van der Waals surface area contributed by atoms with E-state index in [1.165, 1.54) is 95.1 Å². The number of nitrogens with zero attached hydrogens (tertiary/aromatic N) is 3. The fourth-order valence-electron chi connectivity index (χ4n) is 3.86. The van der Waals surface area contributed by atoms with Crippen LogP contribution >= 0.6 is 11.8 Å². The van der Waals surface area contributed by atoms with Crippen molar-refractivity contribution in [3.63, 3.8) is 0 Å². The van der Waals surface area contributed by atoms with Crippen molar-refractivity contribution in [3.05, 3.63) is 46.8 Å². The number of rotatable bonds is 19. The topological polar surface area (TPSA) is 81.0 Å². The van der Waals surface area contributed by atoms with Gasteiger partial charge in [-0.3, -0.25) is 10.1 Å². The Morgan fingerprint density at radius 3 is 1.91 bits per heavy atom. The predicted molar refractivity (Wildman–Crippen MR) is 138 cm³/mol. The largest absolute Gasteiger partial charge is 0.364 e. The molecular weight excluding hydrogens is 432 g/mol. The van der Waals surface area contributed by atoms with Gasteiger partial charge in [-0.05, 0) is 18.6 Å². The third-order valence-electron chi connectivity index (χ3n) is 5.75. The molecule has 0 aliphatic carbocycles. The lowest BCUT2D eigenvalue weighted by Crippen LogP contribution is -2.08. The molecule has 7 heteroatoms. The molecule has 0 atom stereocenters. The van der Waals surface area contributed by atoms with Crippen LogP contribution in [0.1, 0.15) is 96.8 Å². The van der Waals surface area contributed by atoms with Gasteiger partial charge >= 0.3 is 5.69 Å². The minimum atomic E-state index is -0.390. The summed E-state index contributed by atoms with van der Waals surface area (Å²) in [5.41, 5.74) is -0.0447. The molecule has 1 heterocycles. The summed E-state index contributed by atoms with van der Waals surface area (Å²) in [5.74, 6) is 0.308.